The molecule has 0 aliphatic rings. The predicted octanol–water partition coefficient (Wildman–Crippen LogP) is 5.45. The van der Waals surface area contributed by atoms with Crippen LogP contribution in [0.4, 0.5) is 4.39 Å². The average molecular weight is 323 g/mol. The summed E-state index contributed by atoms with van der Waals surface area (Å²) in [5.74, 6) is 0.541. The fourth-order valence-corrected chi connectivity index (χ4v) is 3.49. The molecular formula is C16H16ClFN2S. The molecule has 0 aliphatic heterocycles. The summed E-state index contributed by atoms with van der Waals surface area (Å²) >= 11 is 7.95. The summed E-state index contributed by atoms with van der Waals surface area (Å²) < 4.78 is 15.9. The Morgan fingerprint density at radius 3 is 2.71 bits per heavy atom. The average Bonchev–Trinajstić information content (AvgIpc) is 3.06. The molecule has 0 fully saturated rings. The molecule has 2 aromatic heterocycles. The normalized spacial score (nSPS) is 14.5. The van der Waals surface area contributed by atoms with Gasteiger partial charge < -0.3 is 4.57 Å². The minimum Gasteiger partial charge on any atom is -0.319 e. The van der Waals surface area contributed by atoms with E-state index in [0.29, 0.717) is 11.1 Å². The van der Waals surface area contributed by atoms with E-state index in [1.807, 2.05) is 13.0 Å². The lowest BCUT2D eigenvalue weighted by Gasteiger charge is -2.18. The van der Waals surface area contributed by atoms with Crippen molar-refractivity contribution in [2.24, 2.45) is 0 Å². The number of alkyl halides is 1. The van der Waals surface area contributed by atoms with Crippen LogP contribution < -0.4 is 0 Å². The Balaban J connectivity index is 2.27. The number of hydrogen-bond acceptors (Lipinski definition) is 2. The first-order chi connectivity index (χ1) is 9.99. The fraction of sp³-hybridized carbons (Fsp3) is 0.312. The number of benzene rings is 1. The zero-order chi connectivity index (χ0) is 15.1. The van der Waals surface area contributed by atoms with Gasteiger partial charge in [0.05, 0.1) is 22.5 Å². The molecule has 2 unspecified atom stereocenters. The molecule has 21 heavy (non-hydrogen) atoms. The highest BCUT2D eigenvalue weighted by Gasteiger charge is 2.21. The first-order valence-electron chi connectivity index (χ1n) is 6.83. The lowest BCUT2D eigenvalue weighted by Crippen LogP contribution is -2.10. The summed E-state index contributed by atoms with van der Waals surface area (Å²) in [6.07, 6.45) is 0. The molecule has 2 heterocycles. The monoisotopic (exact) mass is 322 g/mol. The van der Waals surface area contributed by atoms with E-state index in [-0.39, 0.29) is 17.2 Å². The number of rotatable bonds is 3. The molecule has 110 valence electrons. The van der Waals surface area contributed by atoms with Crippen molar-refractivity contribution in [1.29, 1.82) is 0 Å². The van der Waals surface area contributed by atoms with Crippen LogP contribution in [0, 0.1) is 12.7 Å². The third-order valence-electron chi connectivity index (χ3n) is 3.77. The van der Waals surface area contributed by atoms with Crippen molar-refractivity contribution < 1.29 is 4.39 Å². The van der Waals surface area contributed by atoms with Crippen molar-refractivity contribution >= 4 is 34.0 Å². The standard InChI is InChI=1S/C16H16ClFN2S/c1-9-6-15-14(7-13(9)18)19-16(10(2)17)20(15)11(3)12-4-5-21-8-12/h4-8,10-11H,1-3H3. The Kier molecular flexibility index (Phi) is 3.76. The highest BCUT2D eigenvalue weighted by molar-refractivity contribution is 7.07. The molecular weight excluding hydrogens is 307 g/mol. The number of imidazole rings is 1. The first-order valence-corrected chi connectivity index (χ1v) is 8.21. The van der Waals surface area contributed by atoms with Gasteiger partial charge in [0.1, 0.15) is 11.6 Å². The SMILES string of the molecule is Cc1cc2c(cc1F)nc(C(C)Cl)n2C(C)c1ccsc1. The fourth-order valence-electron chi connectivity index (χ4n) is 2.59. The van der Waals surface area contributed by atoms with E-state index < -0.39 is 0 Å². The number of nitrogens with zero attached hydrogens (tertiary/aromatic N) is 2. The van der Waals surface area contributed by atoms with Crippen molar-refractivity contribution in [3.05, 3.63) is 51.7 Å². The van der Waals surface area contributed by atoms with Gasteiger partial charge in [-0.15, -0.1) is 11.6 Å². The number of fused-ring (bicyclic) bond motifs is 1. The summed E-state index contributed by atoms with van der Waals surface area (Å²) in [5, 5.41) is 3.94. The summed E-state index contributed by atoms with van der Waals surface area (Å²) in [6.45, 7) is 5.78. The molecule has 1 aromatic carbocycles. The molecule has 0 spiro atoms. The topological polar surface area (TPSA) is 17.8 Å². The lowest BCUT2D eigenvalue weighted by atomic mass is 10.1. The van der Waals surface area contributed by atoms with Gasteiger partial charge in [-0.25, -0.2) is 9.37 Å². The van der Waals surface area contributed by atoms with Crippen LogP contribution in [0.25, 0.3) is 11.0 Å². The zero-order valence-corrected chi connectivity index (χ0v) is 13.7. The summed E-state index contributed by atoms with van der Waals surface area (Å²) in [7, 11) is 0. The second-order valence-electron chi connectivity index (χ2n) is 5.28. The van der Waals surface area contributed by atoms with Gasteiger partial charge in [-0.05, 0) is 54.8 Å². The van der Waals surface area contributed by atoms with E-state index in [1.54, 1.807) is 18.3 Å². The molecule has 0 saturated carbocycles. The van der Waals surface area contributed by atoms with Crippen molar-refractivity contribution in [2.45, 2.75) is 32.2 Å². The van der Waals surface area contributed by atoms with Crippen molar-refractivity contribution in [3.8, 4) is 0 Å². The molecule has 0 aliphatic carbocycles. The Morgan fingerprint density at radius 2 is 2.10 bits per heavy atom. The van der Waals surface area contributed by atoms with Crippen molar-refractivity contribution in [1.82, 2.24) is 9.55 Å². The molecule has 3 rings (SSSR count). The van der Waals surface area contributed by atoms with Gasteiger partial charge in [0.25, 0.3) is 0 Å². The molecule has 0 amide bonds. The third-order valence-corrected chi connectivity index (χ3v) is 4.66. The molecule has 0 bridgehead atoms. The van der Waals surface area contributed by atoms with E-state index in [1.165, 1.54) is 11.6 Å². The second kappa shape index (κ2) is 5.43. The first kappa shape index (κ1) is 14.5. The van der Waals surface area contributed by atoms with E-state index in [9.17, 15) is 4.39 Å². The molecule has 0 saturated heterocycles. The minimum atomic E-state index is -0.234. The molecule has 0 N–H and O–H groups in total. The second-order valence-corrected chi connectivity index (χ2v) is 6.71. The summed E-state index contributed by atoms with van der Waals surface area (Å²) in [4.78, 5) is 4.54. The maximum atomic E-state index is 13.8. The van der Waals surface area contributed by atoms with Gasteiger partial charge in [-0.2, -0.15) is 11.3 Å². The smallest absolute Gasteiger partial charge is 0.128 e. The van der Waals surface area contributed by atoms with Gasteiger partial charge in [-0.3, -0.25) is 0 Å². The number of hydrogen-bond donors (Lipinski definition) is 0. The highest BCUT2D eigenvalue weighted by atomic mass is 35.5. The summed E-state index contributed by atoms with van der Waals surface area (Å²) in [6, 6.07) is 5.55. The largest absolute Gasteiger partial charge is 0.319 e. The Morgan fingerprint density at radius 1 is 1.33 bits per heavy atom. The van der Waals surface area contributed by atoms with E-state index in [4.69, 9.17) is 11.6 Å². The van der Waals surface area contributed by atoms with Crippen LogP contribution >= 0.6 is 22.9 Å². The third kappa shape index (κ3) is 2.47. The van der Waals surface area contributed by atoms with E-state index in [2.05, 4.69) is 33.3 Å². The van der Waals surface area contributed by atoms with E-state index >= 15 is 0 Å². The minimum absolute atomic E-state index is 0.113. The van der Waals surface area contributed by atoms with Gasteiger partial charge in [0.2, 0.25) is 0 Å². The van der Waals surface area contributed by atoms with Crippen LogP contribution in [0.15, 0.2) is 29.0 Å². The lowest BCUT2D eigenvalue weighted by molar-refractivity contribution is 0.615. The van der Waals surface area contributed by atoms with Crippen LogP contribution in [0.1, 0.15) is 42.2 Å². The van der Waals surface area contributed by atoms with Gasteiger partial charge in [-0.1, -0.05) is 0 Å². The number of aryl methyl sites for hydroxylation is 1. The van der Waals surface area contributed by atoms with Crippen LogP contribution in [0.3, 0.4) is 0 Å². The maximum absolute atomic E-state index is 13.8. The number of aromatic nitrogens is 2. The van der Waals surface area contributed by atoms with Crippen molar-refractivity contribution in [2.75, 3.05) is 0 Å². The van der Waals surface area contributed by atoms with Gasteiger partial charge >= 0.3 is 0 Å². The molecule has 5 heteroatoms. The number of halogens is 2. The Labute approximate surface area is 132 Å². The van der Waals surface area contributed by atoms with Crippen LogP contribution in [-0.4, -0.2) is 9.55 Å². The van der Waals surface area contributed by atoms with Crippen molar-refractivity contribution in [3.63, 3.8) is 0 Å². The quantitative estimate of drug-likeness (QED) is 0.586. The molecule has 2 nitrogen and oxygen atoms in total. The maximum Gasteiger partial charge on any atom is 0.128 e. The Bertz CT molecular complexity index is 777. The summed E-state index contributed by atoms with van der Waals surface area (Å²) in [5.41, 5.74) is 3.41. The zero-order valence-electron chi connectivity index (χ0n) is 12.1. The molecule has 0 radical (unpaired) electrons. The van der Waals surface area contributed by atoms with Crippen LogP contribution in [0.2, 0.25) is 0 Å². The molecule has 3 aromatic rings. The van der Waals surface area contributed by atoms with E-state index in [0.717, 1.165) is 11.3 Å². The van der Waals surface area contributed by atoms with Gasteiger partial charge in [0, 0.05) is 6.07 Å². The predicted molar refractivity (Wildman–Crippen MR) is 86.8 cm³/mol. The molecule has 2 atom stereocenters. The van der Waals surface area contributed by atoms with Crippen LogP contribution in [-0.2, 0) is 0 Å². The highest BCUT2D eigenvalue weighted by Crippen LogP contribution is 2.32. The number of thiophene rings is 1. The van der Waals surface area contributed by atoms with Gasteiger partial charge in [0.15, 0.2) is 0 Å². The Hall–Kier alpha value is -1.39. The van der Waals surface area contributed by atoms with Crippen LogP contribution in [0.5, 0.6) is 0 Å².